The van der Waals surface area contributed by atoms with Crippen LogP contribution in [-0.4, -0.2) is 14.3 Å². The van der Waals surface area contributed by atoms with E-state index in [2.05, 4.69) is 10.0 Å². The number of nitrogens with one attached hydrogen (secondary N) is 2. The first kappa shape index (κ1) is 20.1. The molecule has 0 atom stereocenters. The van der Waals surface area contributed by atoms with Gasteiger partial charge in [-0.2, -0.15) is 5.26 Å². The van der Waals surface area contributed by atoms with E-state index in [1.54, 1.807) is 48.5 Å². The standard InChI is InChI=1S/C22H19N3O3S/c1-15-10-11-19(12-16(15)2)29(27,28)25-21-9-4-3-8-20(21)22(26)24-18-7-5-6-17(13-18)14-23/h3-13,25H,1-2H3,(H,24,26). The van der Waals surface area contributed by atoms with E-state index >= 15 is 0 Å². The molecule has 0 heterocycles. The Labute approximate surface area is 169 Å². The Morgan fingerprint density at radius 1 is 0.931 bits per heavy atom. The maximum atomic E-state index is 12.8. The number of benzene rings is 3. The predicted octanol–water partition coefficient (Wildman–Crippen LogP) is 4.23. The van der Waals surface area contributed by atoms with Crippen molar-refractivity contribution < 1.29 is 13.2 Å². The Balaban J connectivity index is 1.89. The quantitative estimate of drug-likeness (QED) is 0.663. The minimum atomic E-state index is -3.87. The number of carbonyl (C=O) groups excluding carboxylic acids is 1. The van der Waals surface area contributed by atoms with Crippen LogP contribution in [0.25, 0.3) is 0 Å². The third-order valence-electron chi connectivity index (χ3n) is 4.45. The lowest BCUT2D eigenvalue weighted by Gasteiger charge is -2.13. The molecule has 0 bridgehead atoms. The van der Waals surface area contributed by atoms with Crippen LogP contribution in [0.2, 0.25) is 0 Å². The fourth-order valence-corrected chi connectivity index (χ4v) is 3.88. The van der Waals surface area contributed by atoms with E-state index in [1.807, 2.05) is 19.9 Å². The van der Waals surface area contributed by atoms with Gasteiger partial charge < -0.3 is 5.32 Å². The second-order valence-electron chi connectivity index (χ2n) is 6.54. The lowest BCUT2D eigenvalue weighted by molar-refractivity contribution is 0.102. The highest BCUT2D eigenvalue weighted by Gasteiger charge is 2.19. The van der Waals surface area contributed by atoms with E-state index in [4.69, 9.17) is 5.26 Å². The molecule has 0 spiro atoms. The van der Waals surface area contributed by atoms with Gasteiger partial charge in [0.15, 0.2) is 0 Å². The SMILES string of the molecule is Cc1ccc(S(=O)(=O)Nc2ccccc2C(=O)Nc2cccc(C#N)c2)cc1C. The molecular formula is C22H19N3O3S. The third kappa shape index (κ3) is 4.62. The Kier molecular flexibility index (Phi) is 5.66. The van der Waals surface area contributed by atoms with Crippen molar-refractivity contribution >= 4 is 27.3 Å². The highest BCUT2D eigenvalue weighted by Crippen LogP contribution is 2.23. The molecule has 0 aromatic heterocycles. The highest BCUT2D eigenvalue weighted by molar-refractivity contribution is 7.92. The lowest BCUT2D eigenvalue weighted by atomic mass is 10.1. The summed E-state index contributed by atoms with van der Waals surface area (Å²) in [7, 11) is -3.87. The van der Waals surface area contributed by atoms with Gasteiger partial charge >= 0.3 is 0 Å². The van der Waals surface area contributed by atoms with Gasteiger partial charge in [-0.15, -0.1) is 0 Å². The summed E-state index contributed by atoms with van der Waals surface area (Å²) in [6, 6.07) is 19.7. The molecule has 6 nitrogen and oxygen atoms in total. The Morgan fingerprint density at radius 3 is 2.41 bits per heavy atom. The monoisotopic (exact) mass is 405 g/mol. The Hall–Kier alpha value is -3.63. The van der Waals surface area contributed by atoms with Crippen LogP contribution in [0.15, 0.2) is 71.6 Å². The molecule has 2 N–H and O–H groups in total. The molecule has 0 fully saturated rings. The molecular weight excluding hydrogens is 386 g/mol. The number of hydrogen-bond acceptors (Lipinski definition) is 4. The number of nitriles is 1. The number of aryl methyl sites for hydroxylation is 2. The highest BCUT2D eigenvalue weighted by atomic mass is 32.2. The van der Waals surface area contributed by atoms with Crippen LogP contribution in [0.5, 0.6) is 0 Å². The number of anilines is 2. The number of para-hydroxylation sites is 1. The van der Waals surface area contributed by atoms with Crippen molar-refractivity contribution in [3.05, 3.63) is 89.0 Å². The Morgan fingerprint density at radius 2 is 1.69 bits per heavy atom. The van der Waals surface area contributed by atoms with Gasteiger partial charge in [0.2, 0.25) is 0 Å². The van der Waals surface area contributed by atoms with Crippen LogP contribution >= 0.6 is 0 Å². The van der Waals surface area contributed by atoms with Crippen LogP contribution < -0.4 is 10.0 Å². The third-order valence-corrected chi connectivity index (χ3v) is 5.82. The fourth-order valence-electron chi connectivity index (χ4n) is 2.72. The second-order valence-corrected chi connectivity index (χ2v) is 8.23. The first-order valence-corrected chi connectivity index (χ1v) is 10.3. The van der Waals surface area contributed by atoms with Crippen LogP contribution in [-0.2, 0) is 10.0 Å². The summed E-state index contributed by atoms with van der Waals surface area (Å²) >= 11 is 0. The van der Waals surface area contributed by atoms with Gasteiger partial charge in [-0.1, -0.05) is 24.3 Å². The molecule has 0 saturated heterocycles. The number of sulfonamides is 1. The van der Waals surface area contributed by atoms with Gasteiger partial charge in [-0.05, 0) is 67.4 Å². The van der Waals surface area contributed by atoms with Crippen LogP contribution in [0.1, 0.15) is 27.0 Å². The topological polar surface area (TPSA) is 99.1 Å². The van der Waals surface area contributed by atoms with E-state index in [0.717, 1.165) is 11.1 Å². The molecule has 3 rings (SSSR count). The number of carbonyl (C=O) groups is 1. The largest absolute Gasteiger partial charge is 0.322 e. The fraction of sp³-hybridized carbons (Fsp3) is 0.0909. The summed E-state index contributed by atoms with van der Waals surface area (Å²) < 4.78 is 28.1. The van der Waals surface area contributed by atoms with Crippen molar-refractivity contribution in [2.45, 2.75) is 18.7 Å². The minimum Gasteiger partial charge on any atom is -0.322 e. The summed E-state index contributed by atoms with van der Waals surface area (Å²) in [4.78, 5) is 12.8. The molecule has 0 aliphatic carbocycles. The van der Waals surface area contributed by atoms with E-state index in [-0.39, 0.29) is 16.1 Å². The van der Waals surface area contributed by atoms with Gasteiger partial charge in [0, 0.05) is 5.69 Å². The maximum Gasteiger partial charge on any atom is 0.261 e. The summed E-state index contributed by atoms with van der Waals surface area (Å²) in [5, 5.41) is 11.7. The van der Waals surface area contributed by atoms with Gasteiger partial charge in [0.1, 0.15) is 0 Å². The summed E-state index contributed by atoms with van der Waals surface area (Å²) in [6.07, 6.45) is 0. The number of rotatable bonds is 5. The van der Waals surface area contributed by atoms with Crippen molar-refractivity contribution in [2.75, 3.05) is 10.0 Å². The van der Waals surface area contributed by atoms with E-state index < -0.39 is 15.9 Å². The average molecular weight is 405 g/mol. The predicted molar refractivity (Wildman–Crippen MR) is 112 cm³/mol. The van der Waals surface area contributed by atoms with E-state index in [9.17, 15) is 13.2 Å². The number of amides is 1. The van der Waals surface area contributed by atoms with E-state index in [0.29, 0.717) is 11.3 Å². The van der Waals surface area contributed by atoms with Crippen LogP contribution in [0, 0.1) is 25.2 Å². The number of nitrogens with zero attached hydrogens (tertiary/aromatic N) is 1. The molecule has 0 unspecified atom stereocenters. The van der Waals surface area contributed by atoms with Crippen molar-refractivity contribution in [2.24, 2.45) is 0 Å². The second kappa shape index (κ2) is 8.17. The van der Waals surface area contributed by atoms with Crippen molar-refractivity contribution in [1.82, 2.24) is 0 Å². The van der Waals surface area contributed by atoms with Gasteiger partial charge in [-0.25, -0.2) is 8.42 Å². The van der Waals surface area contributed by atoms with Crippen molar-refractivity contribution in [1.29, 1.82) is 5.26 Å². The van der Waals surface area contributed by atoms with Gasteiger partial charge in [0.25, 0.3) is 15.9 Å². The van der Waals surface area contributed by atoms with Crippen molar-refractivity contribution in [3.63, 3.8) is 0 Å². The molecule has 7 heteroatoms. The Bertz CT molecular complexity index is 1230. The van der Waals surface area contributed by atoms with Gasteiger partial charge in [-0.3, -0.25) is 9.52 Å². The van der Waals surface area contributed by atoms with Crippen LogP contribution in [0.3, 0.4) is 0 Å². The first-order valence-electron chi connectivity index (χ1n) is 8.81. The molecule has 1 amide bonds. The smallest absolute Gasteiger partial charge is 0.261 e. The van der Waals surface area contributed by atoms with E-state index in [1.165, 1.54) is 18.2 Å². The zero-order valence-corrected chi connectivity index (χ0v) is 16.7. The molecule has 146 valence electrons. The summed E-state index contributed by atoms with van der Waals surface area (Å²) in [6.45, 7) is 3.74. The molecule has 3 aromatic rings. The van der Waals surface area contributed by atoms with Crippen LogP contribution in [0.4, 0.5) is 11.4 Å². The molecule has 29 heavy (non-hydrogen) atoms. The molecule has 3 aromatic carbocycles. The van der Waals surface area contributed by atoms with Gasteiger partial charge in [0.05, 0.1) is 27.8 Å². The zero-order valence-electron chi connectivity index (χ0n) is 15.9. The average Bonchev–Trinajstić information content (AvgIpc) is 2.70. The molecule has 0 radical (unpaired) electrons. The molecule has 0 aliphatic heterocycles. The molecule has 0 saturated carbocycles. The minimum absolute atomic E-state index is 0.123. The maximum absolute atomic E-state index is 12.8. The number of hydrogen-bond donors (Lipinski definition) is 2. The lowest BCUT2D eigenvalue weighted by Crippen LogP contribution is -2.18. The molecule has 0 aliphatic rings. The van der Waals surface area contributed by atoms with Crippen molar-refractivity contribution in [3.8, 4) is 6.07 Å². The first-order chi connectivity index (χ1) is 13.8. The zero-order chi connectivity index (χ0) is 21.0. The summed E-state index contributed by atoms with van der Waals surface area (Å²) in [5.41, 5.74) is 3.04. The summed E-state index contributed by atoms with van der Waals surface area (Å²) in [5.74, 6) is -0.488. The normalized spacial score (nSPS) is 10.8.